The number of nitrogens with one attached hydrogen (secondary N) is 1. The molecule has 1 atom stereocenters. The van der Waals surface area contributed by atoms with E-state index in [0.29, 0.717) is 24.4 Å². The quantitative estimate of drug-likeness (QED) is 0.860. The maximum atomic E-state index is 12.6. The average Bonchev–Trinajstić information content (AvgIpc) is 3.38. The van der Waals surface area contributed by atoms with Crippen LogP contribution in [0.2, 0.25) is 0 Å². The number of carbonyl (C=O) groups is 1. The zero-order valence-electron chi connectivity index (χ0n) is 13.7. The molecule has 0 bridgehead atoms. The van der Waals surface area contributed by atoms with Crippen LogP contribution in [0.3, 0.4) is 0 Å². The highest BCUT2D eigenvalue weighted by Crippen LogP contribution is 2.40. The van der Waals surface area contributed by atoms with E-state index in [0.717, 1.165) is 29.4 Å². The first-order valence-electron chi connectivity index (χ1n) is 8.42. The molecule has 3 rings (SSSR count). The Labute approximate surface area is 136 Å². The Morgan fingerprint density at radius 1 is 1.35 bits per heavy atom. The van der Waals surface area contributed by atoms with Crippen molar-refractivity contribution in [2.24, 2.45) is 5.92 Å². The van der Waals surface area contributed by atoms with Gasteiger partial charge in [0.05, 0.1) is 17.2 Å². The Balaban J connectivity index is 1.79. The van der Waals surface area contributed by atoms with Gasteiger partial charge in [-0.25, -0.2) is 0 Å². The molecule has 2 aromatic rings. The molecule has 1 saturated carbocycles. The molecule has 0 spiro atoms. The van der Waals surface area contributed by atoms with E-state index in [2.05, 4.69) is 5.32 Å². The Morgan fingerprint density at radius 3 is 2.78 bits per heavy atom. The summed E-state index contributed by atoms with van der Waals surface area (Å²) in [6, 6.07) is 9.72. The Morgan fingerprint density at radius 2 is 2.09 bits per heavy atom. The van der Waals surface area contributed by atoms with Gasteiger partial charge in [-0.2, -0.15) is 0 Å². The summed E-state index contributed by atoms with van der Waals surface area (Å²) >= 11 is 0. The molecule has 1 heterocycles. The number of aromatic nitrogens is 1. The van der Waals surface area contributed by atoms with Gasteiger partial charge < -0.3 is 10.4 Å². The van der Waals surface area contributed by atoms with Crippen LogP contribution in [0, 0.1) is 5.92 Å². The van der Waals surface area contributed by atoms with E-state index in [1.807, 2.05) is 44.2 Å². The molecule has 1 aliphatic carbocycles. The van der Waals surface area contributed by atoms with Gasteiger partial charge in [-0.05, 0) is 37.3 Å². The summed E-state index contributed by atoms with van der Waals surface area (Å²) < 4.78 is 0. The number of hydrogen-bond acceptors (Lipinski definition) is 3. The fourth-order valence-corrected chi connectivity index (χ4v) is 2.73. The van der Waals surface area contributed by atoms with E-state index in [4.69, 9.17) is 4.98 Å². The van der Waals surface area contributed by atoms with E-state index >= 15 is 0 Å². The zero-order chi connectivity index (χ0) is 16.4. The van der Waals surface area contributed by atoms with Crippen molar-refractivity contribution in [2.75, 3.05) is 6.54 Å². The zero-order valence-corrected chi connectivity index (χ0v) is 13.7. The number of nitrogens with zero attached hydrogens (tertiary/aromatic N) is 1. The highest BCUT2D eigenvalue weighted by Gasteiger charge is 2.26. The first kappa shape index (κ1) is 15.9. The number of aliphatic hydroxyl groups excluding tert-OH is 1. The van der Waals surface area contributed by atoms with Crippen molar-refractivity contribution in [3.05, 3.63) is 41.6 Å². The highest BCUT2D eigenvalue weighted by molar-refractivity contribution is 6.06. The SMILES string of the molecule is CC(C)C(O)CCNC(=O)c1cc(C2CC2)nc2ccccc12. The topological polar surface area (TPSA) is 62.2 Å². The van der Waals surface area contributed by atoms with Crippen molar-refractivity contribution >= 4 is 16.8 Å². The van der Waals surface area contributed by atoms with Gasteiger partial charge in [0.2, 0.25) is 0 Å². The molecular formula is C19H24N2O2. The van der Waals surface area contributed by atoms with Crippen LogP contribution in [0.15, 0.2) is 30.3 Å². The number of fused-ring (bicyclic) bond motifs is 1. The van der Waals surface area contributed by atoms with Gasteiger partial charge in [-0.3, -0.25) is 9.78 Å². The lowest BCUT2D eigenvalue weighted by Crippen LogP contribution is -2.29. The summed E-state index contributed by atoms with van der Waals surface area (Å²) in [5, 5.41) is 13.7. The van der Waals surface area contributed by atoms with Gasteiger partial charge in [-0.15, -0.1) is 0 Å². The monoisotopic (exact) mass is 312 g/mol. The molecule has 1 aromatic heterocycles. The standard InChI is InChI=1S/C19H24N2O2/c1-12(2)18(22)9-10-20-19(23)15-11-17(13-7-8-13)21-16-6-4-3-5-14(15)16/h3-6,11-13,18,22H,7-10H2,1-2H3,(H,20,23). The van der Waals surface area contributed by atoms with Crippen LogP contribution < -0.4 is 5.32 Å². The second-order valence-electron chi connectivity index (χ2n) is 6.74. The maximum absolute atomic E-state index is 12.6. The highest BCUT2D eigenvalue weighted by atomic mass is 16.3. The van der Waals surface area contributed by atoms with Crippen LogP contribution in [-0.4, -0.2) is 28.6 Å². The van der Waals surface area contributed by atoms with Crippen LogP contribution in [0.25, 0.3) is 10.9 Å². The van der Waals surface area contributed by atoms with Gasteiger partial charge in [-0.1, -0.05) is 32.0 Å². The largest absolute Gasteiger partial charge is 0.393 e. The molecular weight excluding hydrogens is 288 g/mol. The molecule has 1 unspecified atom stereocenters. The van der Waals surface area contributed by atoms with Crippen LogP contribution in [0.1, 0.15) is 55.1 Å². The molecule has 1 fully saturated rings. The number of pyridine rings is 1. The summed E-state index contributed by atoms with van der Waals surface area (Å²) in [7, 11) is 0. The summed E-state index contributed by atoms with van der Waals surface area (Å²) in [6.45, 7) is 4.43. The predicted molar refractivity (Wildman–Crippen MR) is 91.5 cm³/mol. The van der Waals surface area contributed by atoms with Crippen molar-refractivity contribution < 1.29 is 9.90 Å². The second kappa shape index (κ2) is 6.67. The molecule has 23 heavy (non-hydrogen) atoms. The number of hydrogen-bond donors (Lipinski definition) is 2. The summed E-state index contributed by atoms with van der Waals surface area (Å²) in [6.07, 6.45) is 2.51. The van der Waals surface area contributed by atoms with E-state index < -0.39 is 0 Å². The van der Waals surface area contributed by atoms with E-state index in [1.54, 1.807) is 0 Å². The fourth-order valence-electron chi connectivity index (χ4n) is 2.73. The molecule has 4 nitrogen and oxygen atoms in total. The van der Waals surface area contributed by atoms with Crippen molar-refractivity contribution in [1.29, 1.82) is 0 Å². The van der Waals surface area contributed by atoms with Crippen LogP contribution in [-0.2, 0) is 0 Å². The molecule has 1 aliphatic rings. The Bertz CT molecular complexity index is 708. The molecule has 1 aromatic carbocycles. The van der Waals surface area contributed by atoms with Crippen molar-refractivity contribution in [2.45, 2.75) is 45.1 Å². The van der Waals surface area contributed by atoms with E-state index in [9.17, 15) is 9.90 Å². The molecule has 2 N–H and O–H groups in total. The van der Waals surface area contributed by atoms with Gasteiger partial charge in [0, 0.05) is 23.5 Å². The predicted octanol–water partition coefficient (Wildman–Crippen LogP) is 3.25. The van der Waals surface area contributed by atoms with Gasteiger partial charge in [0.1, 0.15) is 0 Å². The molecule has 0 aliphatic heterocycles. The number of rotatable bonds is 6. The molecule has 122 valence electrons. The first-order chi connectivity index (χ1) is 11.1. The van der Waals surface area contributed by atoms with Gasteiger partial charge in [0.25, 0.3) is 5.91 Å². The summed E-state index contributed by atoms with van der Waals surface area (Å²) in [4.78, 5) is 17.3. The van der Waals surface area contributed by atoms with Gasteiger partial charge in [0.15, 0.2) is 0 Å². The maximum Gasteiger partial charge on any atom is 0.252 e. The molecule has 0 saturated heterocycles. The lowest BCUT2D eigenvalue weighted by molar-refractivity contribution is 0.0921. The normalized spacial score (nSPS) is 15.8. The number of aliphatic hydroxyl groups is 1. The molecule has 4 heteroatoms. The Hall–Kier alpha value is -1.94. The molecule has 0 radical (unpaired) electrons. The third kappa shape index (κ3) is 3.70. The number of benzene rings is 1. The fraction of sp³-hybridized carbons (Fsp3) is 0.474. The minimum absolute atomic E-state index is 0.0820. The molecule has 1 amide bonds. The van der Waals surface area contributed by atoms with Crippen LogP contribution >= 0.6 is 0 Å². The lowest BCUT2D eigenvalue weighted by atomic mass is 10.0. The van der Waals surface area contributed by atoms with Crippen molar-refractivity contribution in [3.8, 4) is 0 Å². The van der Waals surface area contributed by atoms with Crippen LogP contribution in [0.4, 0.5) is 0 Å². The number of para-hydroxylation sites is 1. The van der Waals surface area contributed by atoms with Crippen molar-refractivity contribution in [3.63, 3.8) is 0 Å². The number of carbonyl (C=O) groups excluding carboxylic acids is 1. The minimum atomic E-state index is -0.383. The lowest BCUT2D eigenvalue weighted by Gasteiger charge is -2.15. The third-order valence-electron chi connectivity index (χ3n) is 4.47. The van der Waals surface area contributed by atoms with Crippen LogP contribution in [0.5, 0.6) is 0 Å². The average molecular weight is 312 g/mol. The first-order valence-corrected chi connectivity index (χ1v) is 8.42. The summed E-state index contributed by atoms with van der Waals surface area (Å²) in [5.74, 6) is 0.630. The Kier molecular flexibility index (Phi) is 4.62. The van der Waals surface area contributed by atoms with E-state index in [-0.39, 0.29) is 17.9 Å². The van der Waals surface area contributed by atoms with Crippen molar-refractivity contribution in [1.82, 2.24) is 10.3 Å². The second-order valence-corrected chi connectivity index (χ2v) is 6.74. The smallest absolute Gasteiger partial charge is 0.252 e. The summed E-state index contributed by atoms with van der Waals surface area (Å²) in [5.41, 5.74) is 2.59. The number of amides is 1. The third-order valence-corrected chi connectivity index (χ3v) is 4.47. The van der Waals surface area contributed by atoms with Gasteiger partial charge >= 0.3 is 0 Å². The van der Waals surface area contributed by atoms with E-state index in [1.165, 1.54) is 0 Å². The minimum Gasteiger partial charge on any atom is -0.393 e.